The van der Waals surface area contributed by atoms with Gasteiger partial charge in [-0.3, -0.25) is 9.59 Å². The maximum absolute atomic E-state index is 13.2. The number of β-lactam (4-membered cyclic amide) rings is 1. The molecule has 1 saturated heterocycles. The molecule has 0 saturated carbocycles. The molecule has 0 aromatic heterocycles. The number of carboxylic acids is 1. The maximum Gasteiger partial charge on any atom is 0.323 e. The zero-order chi connectivity index (χ0) is 22.1. The highest BCUT2D eigenvalue weighted by Crippen LogP contribution is 2.49. The van der Waals surface area contributed by atoms with Crippen LogP contribution in [-0.4, -0.2) is 54.0 Å². The average Bonchev–Trinajstić information content (AvgIpc) is 2.61. The van der Waals surface area contributed by atoms with Crippen molar-refractivity contribution in [2.45, 2.75) is 59.4 Å². The van der Waals surface area contributed by atoms with Crippen LogP contribution in [0.4, 0.5) is 0 Å². The van der Waals surface area contributed by atoms with Gasteiger partial charge in [0.15, 0.2) is 9.04 Å². The number of carbonyl (C=O) groups excluding carboxylic acids is 1. The molecule has 1 heterocycles. The third-order valence-electron chi connectivity index (χ3n) is 6.10. The van der Waals surface area contributed by atoms with E-state index in [0.717, 1.165) is 10.4 Å². The zero-order valence-corrected chi connectivity index (χ0v) is 20.4. The van der Waals surface area contributed by atoms with Crippen LogP contribution in [0.15, 0.2) is 30.3 Å². The SMILES string of the molecule is C[C@H](C(=S)c1ccccc1)[C@@H]1[C@@H]([C@@](C)(O[SiH](C)C)C(C)(C)C)C(=O)N1CC(=O)O. The van der Waals surface area contributed by atoms with Gasteiger partial charge in [-0.2, -0.15) is 0 Å². The van der Waals surface area contributed by atoms with Gasteiger partial charge in [0, 0.05) is 10.8 Å². The van der Waals surface area contributed by atoms with E-state index < -0.39 is 26.5 Å². The summed E-state index contributed by atoms with van der Waals surface area (Å²) in [4.78, 5) is 26.8. The van der Waals surface area contributed by atoms with Crippen LogP contribution < -0.4 is 0 Å². The molecule has 1 fully saturated rings. The van der Waals surface area contributed by atoms with E-state index in [-0.39, 0.29) is 29.8 Å². The molecule has 0 radical (unpaired) electrons. The monoisotopic (exact) mass is 435 g/mol. The van der Waals surface area contributed by atoms with Crippen molar-refractivity contribution in [3.05, 3.63) is 35.9 Å². The van der Waals surface area contributed by atoms with Crippen LogP contribution in [0.5, 0.6) is 0 Å². The van der Waals surface area contributed by atoms with Gasteiger partial charge in [0.2, 0.25) is 5.91 Å². The fourth-order valence-electron chi connectivity index (χ4n) is 4.25. The lowest BCUT2D eigenvalue weighted by Gasteiger charge is -2.59. The average molecular weight is 436 g/mol. The van der Waals surface area contributed by atoms with Crippen molar-refractivity contribution < 1.29 is 19.1 Å². The lowest BCUT2D eigenvalue weighted by molar-refractivity contribution is -0.191. The third-order valence-corrected chi connectivity index (χ3v) is 7.67. The van der Waals surface area contributed by atoms with Crippen molar-refractivity contribution in [3.63, 3.8) is 0 Å². The number of nitrogens with zero attached hydrogens (tertiary/aromatic N) is 1. The summed E-state index contributed by atoms with van der Waals surface area (Å²) in [5, 5.41) is 9.37. The van der Waals surface area contributed by atoms with Crippen LogP contribution in [0, 0.1) is 17.3 Å². The van der Waals surface area contributed by atoms with Gasteiger partial charge in [0.25, 0.3) is 0 Å². The fraction of sp³-hybridized carbons (Fsp3) is 0.591. The van der Waals surface area contributed by atoms with Crippen LogP contribution in [0.25, 0.3) is 0 Å². The maximum atomic E-state index is 13.2. The van der Waals surface area contributed by atoms with Gasteiger partial charge in [0.1, 0.15) is 6.54 Å². The summed E-state index contributed by atoms with van der Waals surface area (Å²) in [6.45, 7) is 14.1. The molecule has 5 nitrogen and oxygen atoms in total. The molecule has 0 spiro atoms. The molecule has 1 aliphatic rings. The molecular formula is C22H33NO4SSi. The van der Waals surface area contributed by atoms with E-state index >= 15 is 0 Å². The summed E-state index contributed by atoms with van der Waals surface area (Å²) in [5.74, 6) is -1.79. The zero-order valence-electron chi connectivity index (χ0n) is 18.4. The molecule has 1 N–H and O–H groups in total. The van der Waals surface area contributed by atoms with Crippen molar-refractivity contribution in [3.8, 4) is 0 Å². The van der Waals surface area contributed by atoms with E-state index in [1.807, 2.05) is 44.2 Å². The van der Waals surface area contributed by atoms with Gasteiger partial charge in [0.05, 0.1) is 17.6 Å². The minimum atomic E-state index is -1.47. The van der Waals surface area contributed by atoms with Crippen LogP contribution in [0.1, 0.15) is 40.2 Å². The van der Waals surface area contributed by atoms with E-state index in [0.29, 0.717) is 0 Å². The Balaban J connectivity index is 2.48. The Morgan fingerprint density at radius 2 is 1.79 bits per heavy atom. The minimum Gasteiger partial charge on any atom is -0.480 e. The fourth-order valence-corrected chi connectivity index (χ4v) is 6.00. The first-order valence-corrected chi connectivity index (χ1v) is 13.3. The van der Waals surface area contributed by atoms with E-state index in [2.05, 4.69) is 33.9 Å². The second-order valence-electron chi connectivity index (χ2n) is 9.37. The summed E-state index contributed by atoms with van der Waals surface area (Å²) in [6, 6.07) is 9.38. The molecule has 29 heavy (non-hydrogen) atoms. The Bertz CT molecular complexity index is 777. The highest BCUT2D eigenvalue weighted by Gasteiger charge is 2.62. The lowest BCUT2D eigenvalue weighted by Crippen LogP contribution is -2.74. The number of hydrogen-bond acceptors (Lipinski definition) is 4. The molecule has 1 amide bonds. The Kier molecular flexibility index (Phi) is 7.08. The first-order chi connectivity index (χ1) is 13.3. The molecule has 7 heteroatoms. The largest absolute Gasteiger partial charge is 0.480 e. The number of rotatable bonds is 8. The topological polar surface area (TPSA) is 66.8 Å². The summed E-state index contributed by atoms with van der Waals surface area (Å²) < 4.78 is 6.50. The number of amides is 1. The molecule has 2 rings (SSSR count). The number of benzene rings is 1. The molecule has 1 aromatic carbocycles. The van der Waals surface area contributed by atoms with E-state index in [1.165, 1.54) is 4.90 Å². The van der Waals surface area contributed by atoms with Crippen molar-refractivity contribution in [1.29, 1.82) is 0 Å². The smallest absolute Gasteiger partial charge is 0.323 e. The van der Waals surface area contributed by atoms with Gasteiger partial charge in [-0.05, 0) is 31.0 Å². The molecule has 0 bridgehead atoms. The van der Waals surface area contributed by atoms with Crippen LogP contribution in [0.2, 0.25) is 13.1 Å². The molecule has 0 unspecified atom stereocenters. The Hall–Kier alpha value is -1.57. The second-order valence-corrected chi connectivity index (χ2v) is 12.1. The molecule has 1 aromatic rings. The quantitative estimate of drug-likeness (QED) is 0.291. The summed E-state index contributed by atoms with van der Waals surface area (Å²) in [6.07, 6.45) is 0. The van der Waals surface area contributed by atoms with Crippen molar-refractivity contribution in [2.75, 3.05) is 6.54 Å². The molecule has 1 aliphatic heterocycles. The predicted molar refractivity (Wildman–Crippen MR) is 122 cm³/mol. The molecule has 0 aliphatic carbocycles. The van der Waals surface area contributed by atoms with Gasteiger partial charge in [-0.25, -0.2) is 0 Å². The van der Waals surface area contributed by atoms with E-state index in [1.54, 1.807) is 0 Å². The van der Waals surface area contributed by atoms with Gasteiger partial charge >= 0.3 is 5.97 Å². The van der Waals surface area contributed by atoms with E-state index in [4.69, 9.17) is 16.6 Å². The third kappa shape index (κ3) is 4.62. The van der Waals surface area contributed by atoms with Gasteiger partial charge < -0.3 is 14.4 Å². The van der Waals surface area contributed by atoms with Crippen LogP contribution >= 0.6 is 12.2 Å². The number of aliphatic carboxylic acids is 1. The van der Waals surface area contributed by atoms with Crippen molar-refractivity contribution in [2.24, 2.45) is 17.3 Å². The number of carbonyl (C=O) groups is 2. The van der Waals surface area contributed by atoms with Crippen LogP contribution in [0.3, 0.4) is 0 Å². The minimum absolute atomic E-state index is 0.160. The van der Waals surface area contributed by atoms with Crippen molar-refractivity contribution >= 4 is 38.0 Å². The molecule has 160 valence electrons. The Morgan fingerprint density at radius 1 is 1.24 bits per heavy atom. The van der Waals surface area contributed by atoms with E-state index in [9.17, 15) is 14.7 Å². The highest BCUT2D eigenvalue weighted by molar-refractivity contribution is 7.80. The number of carboxylic acid groups (broad SMARTS) is 1. The Morgan fingerprint density at radius 3 is 2.24 bits per heavy atom. The number of thiocarbonyl (C=S) groups is 1. The van der Waals surface area contributed by atoms with Gasteiger partial charge in [-0.1, -0.05) is 70.2 Å². The summed E-state index contributed by atoms with van der Waals surface area (Å²) in [5.41, 5.74) is -0.0725. The lowest BCUT2D eigenvalue weighted by atomic mass is 9.61. The first-order valence-electron chi connectivity index (χ1n) is 10.1. The standard InChI is InChI=1S/C22H33NO4SSi/c1-14(19(28)15-11-9-8-10-12-15)18-17(20(26)23(18)13-16(24)25)22(5,21(2,3)4)27-29(6)7/h8-12,14,17-18,29H,13H2,1-7H3,(H,24,25)/t14-,17+,18+,22+/m0/s1. The normalized spacial score (nSPS) is 22.8. The van der Waals surface area contributed by atoms with Crippen LogP contribution in [-0.2, 0) is 14.0 Å². The summed E-state index contributed by atoms with van der Waals surface area (Å²) >= 11 is 5.76. The van der Waals surface area contributed by atoms with Crippen molar-refractivity contribution in [1.82, 2.24) is 4.90 Å². The summed E-state index contributed by atoms with van der Waals surface area (Å²) in [7, 11) is -1.47. The first kappa shape index (κ1) is 23.7. The molecule has 4 atom stereocenters. The Labute approximate surface area is 181 Å². The number of hydrogen-bond donors (Lipinski definition) is 1. The highest BCUT2D eigenvalue weighted by atomic mass is 32.1. The second kappa shape index (κ2) is 8.66. The predicted octanol–water partition coefficient (Wildman–Crippen LogP) is 3.76. The number of likely N-dealkylation sites (tertiary alicyclic amines) is 1. The molecular weight excluding hydrogens is 402 g/mol. The van der Waals surface area contributed by atoms with Gasteiger partial charge in [-0.15, -0.1) is 0 Å².